The molecule has 6 heteroatoms. The van der Waals surface area contributed by atoms with Gasteiger partial charge in [-0.3, -0.25) is 0 Å². The largest absolute Gasteiger partial charge is 0.493 e. The van der Waals surface area contributed by atoms with E-state index in [0.717, 1.165) is 37.1 Å². The minimum Gasteiger partial charge on any atom is -0.493 e. The van der Waals surface area contributed by atoms with Crippen LogP contribution >= 0.6 is 0 Å². The molecule has 2 rings (SSSR count). The average Bonchev–Trinajstić information content (AvgIpc) is 2.60. The highest BCUT2D eigenvalue weighted by molar-refractivity contribution is 5.68. The summed E-state index contributed by atoms with van der Waals surface area (Å²) in [6, 6.07) is 4.66. The number of amides is 1. The first-order valence-corrected chi connectivity index (χ1v) is 9.88. The van der Waals surface area contributed by atoms with Crippen LogP contribution in [0.2, 0.25) is 0 Å². The van der Waals surface area contributed by atoms with Crippen LogP contribution in [0.1, 0.15) is 52.5 Å². The van der Waals surface area contributed by atoms with Crippen molar-refractivity contribution in [3.63, 3.8) is 0 Å². The zero-order valence-electron chi connectivity index (χ0n) is 17.0. The van der Waals surface area contributed by atoms with Gasteiger partial charge in [-0.15, -0.1) is 0 Å². The third-order valence-corrected chi connectivity index (χ3v) is 4.50. The summed E-state index contributed by atoms with van der Waals surface area (Å²) >= 11 is 0. The number of benzene rings is 1. The molecule has 1 N–H and O–H groups in total. The van der Waals surface area contributed by atoms with E-state index >= 15 is 0 Å². The number of hydrogen-bond acceptors (Lipinski definition) is 4. The molecule has 27 heavy (non-hydrogen) atoms. The fourth-order valence-electron chi connectivity index (χ4n) is 3.10. The Labute approximate surface area is 162 Å². The first kappa shape index (κ1) is 21.5. The Bertz CT molecular complexity index is 608. The lowest BCUT2D eigenvalue weighted by atomic mass is 9.97. The Morgan fingerprint density at radius 3 is 2.63 bits per heavy atom. The van der Waals surface area contributed by atoms with Crippen LogP contribution in [0.4, 0.5) is 9.18 Å². The second kappa shape index (κ2) is 9.93. The molecule has 0 unspecified atom stereocenters. The van der Waals surface area contributed by atoms with Gasteiger partial charge in [-0.05, 0) is 70.7 Å². The second-order valence-corrected chi connectivity index (χ2v) is 8.14. The standard InChI is InChI=1S/C21H33FN2O3/c1-5-12-26-19-7-6-18(22)13-17(19)15-23-14-16-8-10-24(11-9-16)20(25)27-21(2,3)4/h6-7,13,16,23H,5,8-12,14-15H2,1-4H3. The minimum atomic E-state index is -0.460. The number of piperidine rings is 1. The SMILES string of the molecule is CCCOc1ccc(F)cc1CNCC1CCN(C(=O)OC(C)(C)C)CC1. The number of carbonyl (C=O) groups is 1. The van der Waals surface area contributed by atoms with Gasteiger partial charge in [0.1, 0.15) is 17.2 Å². The van der Waals surface area contributed by atoms with Gasteiger partial charge in [0.15, 0.2) is 0 Å². The van der Waals surface area contributed by atoms with Crippen molar-refractivity contribution in [2.24, 2.45) is 5.92 Å². The molecule has 0 atom stereocenters. The number of carbonyl (C=O) groups excluding carboxylic acids is 1. The molecule has 0 bridgehead atoms. The number of nitrogens with zero attached hydrogens (tertiary/aromatic N) is 1. The molecule has 0 saturated carbocycles. The van der Waals surface area contributed by atoms with Gasteiger partial charge < -0.3 is 19.7 Å². The van der Waals surface area contributed by atoms with Crippen LogP contribution < -0.4 is 10.1 Å². The molecular formula is C21H33FN2O3. The Morgan fingerprint density at radius 1 is 1.30 bits per heavy atom. The first-order chi connectivity index (χ1) is 12.8. The maximum Gasteiger partial charge on any atom is 0.410 e. The third kappa shape index (κ3) is 7.37. The van der Waals surface area contributed by atoms with Crippen molar-refractivity contribution in [1.29, 1.82) is 0 Å². The summed E-state index contributed by atoms with van der Waals surface area (Å²) in [4.78, 5) is 13.9. The maximum atomic E-state index is 13.6. The molecule has 1 fully saturated rings. The van der Waals surface area contributed by atoms with Crippen LogP contribution in [0.25, 0.3) is 0 Å². The van der Waals surface area contributed by atoms with E-state index in [0.29, 0.717) is 32.2 Å². The van der Waals surface area contributed by atoms with E-state index in [9.17, 15) is 9.18 Å². The van der Waals surface area contributed by atoms with Crippen LogP contribution in [-0.2, 0) is 11.3 Å². The van der Waals surface area contributed by atoms with E-state index in [2.05, 4.69) is 5.32 Å². The zero-order valence-corrected chi connectivity index (χ0v) is 17.0. The van der Waals surface area contributed by atoms with E-state index in [-0.39, 0.29) is 11.9 Å². The third-order valence-electron chi connectivity index (χ3n) is 4.50. The molecule has 1 amide bonds. The Balaban J connectivity index is 1.76. The summed E-state index contributed by atoms with van der Waals surface area (Å²) in [6.45, 7) is 11.2. The highest BCUT2D eigenvalue weighted by Gasteiger charge is 2.26. The van der Waals surface area contributed by atoms with Crippen LogP contribution in [-0.4, -0.2) is 42.8 Å². The van der Waals surface area contributed by atoms with Crippen molar-refractivity contribution < 1.29 is 18.7 Å². The Hall–Kier alpha value is -1.82. The second-order valence-electron chi connectivity index (χ2n) is 8.14. The molecule has 5 nitrogen and oxygen atoms in total. The minimum absolute atomic E-state index is 0.230. The van der Waals surface area contributed by atoms with Gasteiger partial charge in [-0.2, -0.15) is 0 Å². The van der Waals surface area contributed by atoms with Crippen molar-refractivity contribution in [1.82, 2.24) is 10.2 Å². The predicted octanol–water partition coefficient (Wildman–Crippen LogP) is 4.35. The highest BCUT2D eigenvalue weighted by atomic mass is 19.1. The van der Waals surface area contributed by atoms with Gasteiger partial charge in [0.25, 0.3) is 0 Å². The van der Waals surface area contributed by atoms with E-state index in [4.69, 9.17) is 9.47 Å². The van der Waals surface area contributed by atoms with Crippen molar-refractivity contribution in [2.75, 3.05) is 26.2 Å². The lowest BCUT2D eigenvalue weighted by Gasteiger charge is -2.33. The quantitative estimate of drug-likeness (QED) is 0.764. The molecule has 1 aromatic carbocycles. The van der Waals surface area contributed by atoms with E-state index < -0.39 is 5.60 Å². The van der Waals surface area contributed by atoms with Gasteiger partial charge in [0.05, 0.1) is 6.61 Å². The van der Waals surface area contributed by atoms with Crippen molar-refractivity contribution in [3.8, 4) is 5.75 Å². The van der Waals surface area contributed by atoms with E-state index in [1.807, 2.05) is 27.7 Å². The molecule has 0 spiro atoms. The van der Waals surface area contributed by atoms with E-state index in [1.54, 1.807) is 11.0 Å². The van der Waals surface area contributed by atoms with E-state index in [1.165, 1.54) is 12.1 Å². The summed E-state index contributed by atoms with van der Waals surface area (Å²) in [5.41, 5.74) is 0.382. The summed E-state index contributed by atoms with van der Waals surface area (Å²) < 4.78 is 24.7. The Morgan fingerprint density at radius 2 is 2.00 bits per heavy atom. The molecule has 1 aliphatic rings. The molecular weight excluding hydrogens is 347 g/mol. The molecule has 1 aromatic rings. The fourth-order valence-corrected chi connectivity index (χ4v) is 3.10. The Kier molecular flexibility index (Phi) is 7.90. The fraction of sp³-hybridized carbons (Fsp3) is 0.667. The number of rotatable bonds is 7. The van der Waals surface area contributed by atoms with Crippen LogP contribution in [0.3, 0.4) is 0 Å². The average molecular weight is 381 g/mol. The summed E-state index contributed by atoms with van der Waals surface area (Å²) in [6.07, 6.45) is 2.57. The number of nitrogens with one attached hydrogen (secondary N) is 1. The topological polar surface area (TPSA) is 50.8 Å². The molecule has 1 heterocycles. The monoisotopic (exact) mass is 380 g/mol. The van der Waals surface area contributed by atoms with Crippen LogP contribution in [0.5, 0.6) is 5.75 Å². The van der Waals surface area contributed by atoms with Gasteiger partial charge >= 0.3 is 6.09 Å². The maximum absolute atomic E-state index is 13.6. The first-order valence-electron chi connectivity index (χ1n) is 9.88. The summed E-state index contributed by atoms with van der Waals surface area (Å²) in [5.74, 6) is 0.990. The molecule has 1 aliphatic heterocycles. The van der Waals surface area contributed by atoms with Gasteiger partial charge in [-0.1, -0.05) is 6.92 Å². The summed E-state index contributed by atoms with van der Waals surface area (Å²) in [5, 5.41) is 3.42. The van der Waals surface area contributed by atoms with Gasteiger partial charge in [-0.25, -0.2) is 9.18 Å². The zero-order chi connectivity index (χ0) is 19.9. The number of ether oxygens (including phenoxy) is 2. The predicted molar refractivity (Wildman–Crippen MR) is 104 cm³/mol. The number of hydrogen-bond donors (Lipinski definition) is 1. The molecule has 0 aliphatic carbocycles. The van der Waals surface area contributed by atoms with Gasteiger partial charge in [0.2, 0.25) is 0 Å². The highest BCUT2D eigenvalue weighted by Crippen LogP contribution is 2.22. The number of halogens is 1. The smallest absolute Gasteiger partial charge is 0.410 e. The van der Waals surface area contributed by atoms with Crippen LogP contribution in [0, 0.1) is 11.7 Å². The molecule has 1 saturated heterocycles. The van der Waals surface area contributed by atoms with Crippen molar-refractivity contribution in [2.45, 2.75) is 59.1 Å². The molecule has 152 valence electrons. The molecule has 0 radical (unpaired) electrons. The normalized spacial score (nSPS) is 15.7. The van der Waals surface area contributed by atoms with Crippen molar-refractivity contribution in [3.05, 3.63) is 29.6 Å². The molecule has 0 aromatic heterocycles. The van der Waals surface area contributed by atoms with Crippen molar-refractivity contribution >= 4 is 6.09 Å². The number of likely N-dealkylation sites (tertiary alicyclic amines) is 1. The lowest BCUT2D eigenvalue weighted by molar-refractivity contribution is 0.0184. The van der Waals surface area contributed by atoms with Crippen LogP contribution in [0.15, 0.2) is 18.2 Å². The van der Waals surface area contributed by atoms with Gasteiger partial charge in [0, 0.05) is 25.2 Å². The lowest BCUT2D eigenvalue weighted by Crippen LogP contribution is -2.43. The summed E-state index contributed by atoms with van der Waals surface area (Å²) in [7, 11) is 0.